The van der Waals surface area contributed by atoms with Crippen LogP contribution in [-0.4, -0.2) is 50.6 Å². The molecule has 1 heterocycles. The maximum Gasteiger partial charge on any atom is 0.255 e. The number of amides is 1. The summed E-state index contributed by atoms with van der Waals surface area (Å²) in [6.07, 6.45) is 0.514. The fraction of sp³-hybridized carbons (Fsp3) is 0.536. The minimum absolute atomic E-state index is 0.00902. The van der Waals surface area contributed by atoms with E-state index in [4.69, 9.17) is 13.9 Å². The third-order valence-electron chi connectivity index (χ3n) is 7.22. The number of rotatable bonds is 10. The Morgan fingerprint density at radius 2 is 1.62 bits per heavy atom. The van der Waals surface area contributed by atoms with Gasteiger partial charge in [-0.1, -0.05) is 81.4 Å². The van der Waals surface area contributed by atoms with E-state index < -0.39 is 13.9 Å². The van der Waals surface area contributed by atoms with E-state index in [2.05, 4.69) is 46.0 Å². The predicted octanol–water partition coefficient (Wildman–Crippen LogP) is 5.80. The molecule has 1 fully saturated rings. The second-order valence-electron chi connectivity index (χ2n) is 11.0. The Bertz CT molecular complexity index is 913. The van der Waals surface area contributed by atoms with Crippen LogP contribution in [0.1, 0.15) is 45.2 Å². The summed E-state index contributed by atoms with van der Waals surface area (Å²) in [5.41, 5.74) is 1.33. The first-order valence-corrected chi connectivity index (χ1v) is 15.2. The van der Waals surface area contributed by atoms with Crippen LogP contribution in [0.25, 0.3) is 0 Å². The molecule has 3 rings (SSSR count). The van der Waals surface area contributed by atoms with Gasteiger partial charge in [0.2, 0.25) is 0 Å². The van der Waals surface area contributed by atoms with Gasteiger partial charge in [-0.25, -0.2) is 0 Å². The molecule has 1 amide bonds. The van der Waals surface area contributed by atoms with Gasteiger partial charge in [-0.05, 0) is 36.2 Å². The summed E-state index contributed by atoms with van der Waals surface area (Å²) in [4.78, 5) is 15.7. The van der Waals surface area contributed by atoms with Gasteiger partial charge in [-0.3, -0.25) is 4.79 Å². The van der Waals surface area contributed by atoms with Crippen molar-refractivity contribution < 1.29 is 18.7 Å². The van der Waals surface area contributed by atoms with E-state index in [1.165, 1.54) is 0 Å². The van der Waals surface area contributed by atoms with Crippen LogP contribution in [0.15, 0.2) is 60.7 Å². The molecular weight excluding hydrogens is 442 g/mol. The average molecular weight is 484 g/mol. The highest BCUT2D eigenvalue weighted by Gasteiger charge is 2.46. The molecule has 0 saturated carbocycles. The van der Waals surface area contributed by atoms with Gasteiger partial charge in [-0.15, -0.1) is 0 Å². The van der Waals surface area contributed by atoms with Gasteiger partial charge in [-0.2, -0.15) is 0 Å². The number of carbonyl (C=O) groups excluding carboxylic acids is 1. The van der Waals surface area contributed by atoms with Crippen molar-refractivity contribution in [3.8, 4) is 0 Å². The molecule has 0 aliphatic carbocycles. The van der Waals surface area contributed by atoms with Crippen LogP contribution in [0.4, 0.5) is 0 Å². The van der Waals surface area contributed by atoms with Crippen molar-refractivity contribution >= 4 is 14.2 Å². The van der Waals surface area contributed by atoms with Crippen LogP contribution < -0.4 is 0 Å². The van der Waals surface area contributed by atoms with Crippen molar-refractivity contribution in [3.63, 3.8) is 0 Å². The molecule has 1 aliphatic rings. The van der Waals surface area contributed by atoms with E-state index in [0.717, 1.165) is 11.1 Å². The van der Waals surface area contributed by atoms with E-state index in [0.29, 0.717) is 39.4 Å². The number of hydrogen-bond donors (Lipinski definition) is 0. The highest BCUT2D eigenvalue weighted by atomic mass is 28.4. The first kappa shape index (κ1) is 26.6. The third-order valence-corrected chi connectivity index (χ3v) is 11.7. The van der Waals surface area contributed by atoms with Crippen molar-refractivity contribution in [2.75, 3.05) is 19.8 Å². The van der Waals surface area contributed by atoms with Crippen molar-refractivity contribution in [1.29, 1.82) is 0 Å². The molecule has 2 atom stereocenters. The molecule has 0 bridgehead atoms. The Balaban J connectivity index is 1.67. The molecule has 2 aromatic rings. The summed E-state index contributed by atoms with van der Waals surface area (Å²) >= 11 is 0. The fourth-order valence-electron chi connectivity index (χ4n) is 3.75. The fourth-order valence-corrected chi connectivity index (χ4v) is 4.79. The van der Waals surface area contributed by atoms with E-state index in [1.807, 2.05) is 60.4 Å². The monoisotopic (exact) mass is 483 g/mol. The van der Waals surface area contributed by atoms with Crippen LogP contribution in [0, 0.1) is 0 Å². The zero-order valence-corrected chi connectivity index (χ0v) is 22.7. The summed E-state index contributed by atoms with van der Waals surface area (Å²) in [6.45, 7) is 15.6. The number of morpholine rings is 1. The molecule has 186 valence electrons. The molecule has 0 N–H and O–H groups in total. The van der Waals surface area contributed by atoms with E-state index in [-0.39, 0.29) is 17.0 Å². The Labute approximate surface area is 206 Å². The number of benzene rings is 2. The van der Waals surface area contributed by atoms with Crippen molar-refractivity contribution in [2.24, 2.45) is 0 Å². The normalized spacial score (nSPS) is 21.6. The molecule has 1 saturated heterocycles. The summed E-state index contributed by atoms with van der Waals surface area (Å²) in [5.74, 6) is 0.00902. The molecule has 5 nitrogen and oxygen atoms in total. The van der Waals surface area contributed by atoms with E-state index in [9.17, 15) is 4.79 Å². The summed E-state index contributed by atoms with van der Waals surface area (Å²) in [5, 5.41) is 0.112. The minimum Gasteiger partial charge on any atom is -0.415 e. The third kappa shape index (κ3) is 6.78. The van der Waals surface area contributed by atoms with Gasteiger partial charge in [0.1, 0.15) is 5.60 Å². The zero-order valence-electron chi connectivity index (χ0n) is 21.7. The topological polar surface area (TPSA) is 48.0 Å². The van der Waals surface area contributed by atoms with E-state index >= 15 is 0 Å². The standard InChI is InChI=1S/C28H41NO4Si/c1-27(2,3)34(5,6)33-22-25-21-32-28(4,17-18-31-20-24-15-11-8-12-16-24)26(30)29(25)19-23-13-9-7-10-14-23/h7-16,25H,17-22H2,1-6H3. The van der Waals surface area contributed by atoms with Gasteiger partial charge < -0.3 is 18.8 Å². The Morgan fingerprint density at radius 3 is 2.21 bits per heavy atom. The van der Waals surface area contributed by atoms with Crippen LogP contribution in [-0.2, 0) is 31.8 Å². The maximum atomic E-state index is 13.7. The Hall–Kier alpha value is -1.99. The lowest BCUT2D eigenvalue weighted by Crippen LogP contribution is -2.61. The molecule has 2 aromatic carbocycles. The number of ether oxygens (including phenoxy) is 2. The second-order valence-corrected chi connectivity index (χ2v) is 15.8. The van der Waals surface area contributed by atoms with Crippen LogP contribution in [0.3, 0.4) is 0 Å². The molecule has 6 heteroatoms. The maximum absolute atomic E-state index is 13.7. The quantitative estimate of drug-likeness (QED) is 0.316. The molecule has 2 unspecified atom stereocenters. The smallest absolute Gasteiger partial charge is 0.255 e. The average Bonchev–Trinajstić information content (AvgIpc) is 2.80. The first-order valence-electron chi connectivity index (χ1n) is 12.3. The zero-order chi connectivity index (χ0) is 24.8. The van der Waals surface area contributed by atoms with Gasteiger partial charge in [0, 0.05) is 13.0 Å². The van der Waals surface area contributed by atoms with Crippen LogP contribution in [0.5, 0.6) is 0 Å². The second kappa shape index (κ2) is 11.2. The SMILES string of the molecule is CC1(CCOCc2ccccc2)OCC(CO[Si](C)(C)C(C)(C)C)N(Cc2ccccc2)C1=O. The van der Waals surface area contributed by atoms with Gasteiger partial charge in [0.25, 0.3) is 5.91 Å². The largest absolute Gasteiger partial charge is 0.415 e. The van der Waals surface area contributed by atoms with Crippen molar-refractivity contribution in [3.05, 3.63) is 71.8 Å². The molecule has 34 heavy (non-hydrogen) atoms. The first-order chi connectivity index (χ1) is 16.0. The molecule has 1 aliphatic heterocycles. The van der Waals surface area contributed by atoms with Crippen molar-refractivity contribution in [2.45, 2.75) is 77.0 Å². The summed E-state index contributed by atoms with van der Waals surface area (Å²) in [7, 11) is -1.94. The lowest BCUT2D eigenvalue weighted by atomic mass is 9.96. The minimum atomic E-state index is -1.94. The molecule has 0 aromatic heterocycles. The number of hydrogen-bond acceptors (Lipinski definition) is 4. The molecule has 0 radical (unpaired) electrons. The molecular formula is C28H41NO4Si. The Kier molecular flexibility index (Phi) is 8.74. The van der Waals surface area contributed by atoms with Crippen LogP contribution in [0.2, 0.25) is 18.1 Å². The lowest BCUT2D eigenvalue weighted by Gasteiger charge is -2.46. The highest BCUT2D eigenvalue weighted by Crippen LogP contribution is 2.37. The summed E-state index contributed by atoms with van der Waals surface area (Å²) in [6, 6.07) is 20.1. The van der Waals surface area contributed by atoms with Crippen molar-refractivity contribution in [1.82, 2.24) is 4.90 Å². The van der Waals surface area contributed by atoms with Gasteiger partial charge in [0.15, 0.2) is 8.32 Å². The lowest BCUT2D eigenvalue weighted by molar-refractivity contribution is -0.183. The Morgan fingerprint density at radius 1 is 1.03 bits per heavy atom. The van der Waals surface area contributed by atoms with E-state index in [1.54, 1.807) is 0 Å². The predicted molar refractivity (Wildman–Crippen MR) is 139 cm³/mol. The molecule has 0 spiro atoms. The highest BCUT2D eigenvalue weighted by molar-refractivity contribution is 6.74. The number of nitrogens with zero attached hydrogens (tertiary/aromatic N) is 1. The van der Waals surface area contributed by atoms with Gasteiger partial charge in [0.05, 0.1) is 32.5 Å². The van der Waals surface area contributed by atoms with Gasteiger partial charge >= 0.3 is 0 Å². The summed E-state index contributed by atoms with van der Waals surface area (Å²) < 4.78 is 18.6. The number of carbonyl (C=O) groups is 1. The van der Waals surface area contributed by atoms with Crippen LogP contribution >= 0.6 is 0 Å².